The van der Waals surface area contributed by atoms with Gasteiger partial charge in [-0.25, -0.2) is 4.39 Å². The van der Waals surface area contributed by atoms with E-state index >= 15 is 0 Å². The second kappa shape index (κ2) is 9.37. The first kappa shape index (κ1) is 19.9. The Morgan fingerprint density at radius 2 is 2.11 bits per heavy atom. The van der Waals surface area contributed by atoms with Crippen LogP contribution in [0.5, 0.6) is 11.5 Å². The van der Waals surface area contributed by atoms with Gasteiger partial charge < -0.3 is 24.8 Å². The molecule has 27 heavy (non-hydrogen) atoms. The van der Waals surface area contributed by atoms with Gasteiger partial charge in [0.2, 0.25) is 0 Å². The number of hydrogen-bond acceptors (Lipinski definition) is 5. The second-order valence-corrected chi connectivity index (χ2v) is 7.28. The molecule has 2 heterocycles. The number of ether oxygens (including phenoxy) is 2. The molecule has 2 N–H and O–H groups in total. The van der Waals surface area contributed by atoms with Gasteiger partial charge >= 0.3 is 0 Å². The molecular formula is C20H29FN2O4. The average Bonchev–Trinajstić information content (AvgIpc) is 2.92. The number of nitrogens with one attached hydrogen (secondary N) is 1. The van der Waals surface area contributed by atoms with E-state index < -0.39 is 11.9 Å². The quantitative estimate of drug-likeness (QED) is 0.792. The summed E-state index contributed by atoms with van der Waals surface area (Å²) < 4.78 is 24.9. The number of hydrogen-bond donors (Lipinski definition) is 2. The Bertz CT molecular complexity index is 655. The van der Waals surface area contributed by atoms with Crippen LogP contribution in [-0.2, 0) is 0 Å². The summed E-state index contributed by atoms with van der Waals surface area (Å²) >= 11 is 0. The summed E-state index contributed by atoms with van der Waals surface area (Å²) in [7, 11) is 0. The van der Waals surface area contributed by atoms with Crippen molar-refractivity contribution in [1.29, 1.82) is 0 Å². The summed E-state index contributed by atoms with van der Waals surface area (Å²) in [5.41, 5.74) is 0.267. The van der Waals surface area contributed by atoms with Crippen LogP contribution in [0.25, 0.3) is 0 Å². The van der Waals surface area contributed by atoms with Crippen molar-refractivity contribution >= 4 is 5.91 Å². The fraction of sp³-hybridized carbons (Fsp3) is 0.650. The lowest BCUT2D eigenvalue weighted by molar-refractivity contribution is 0.0217. The average molecular weight is 380 g/mol. The molecule has 1 aromatic carbocycles. The van der Waals surface area contributed by atoms with E-state index in [1.807, 2.05) is 0 Å². The first-order valence-corrected chi connectivity index (χ1v) is 9.87. The van der Waals surface area contributed by atoms with Crippen molar-refractivity contribution in [3.63, 3.8) is 0 Å². The first-order chi connectivity index (χ1) is 13.1. The maximum absolute atomic E-state index is 14.0. The van der Waals surface area contributed by atoms with Crippen LogP contribution in [0.1, 0.15) is 43.0 Å². The fourth-order valence-electron chi connectivity index (χ4n) is 3.59. The minimum absolute atomic E-state index is 0.00409. The van der Waals surface area contributed by atoms with Gasteiger partial charge in [-0.15, -0.1) is 0 Å². The third-order valence-electron chi connectivity index (χ3n) is 5.25. The molecular weight excluding hydrogens is 351 g/mol. The van der Waals surface area contributed by atoms with Gasteiger partial charge in [0.25, 0.3) is 5.91 Å². The molecule has 1 aromatic rings. The van der Waals surface area contributed by atoms with Crippen molar-refractivity contribution in [1.82, 2.24) is 10.2 Å². The topological polar surface area (TPSA) is 71.0 Å². The first-order valence-electron chi connectivity index (χ1n) is 9.87. The maximum atomic E-state index is 14.0. The molecule has 1 fully saturated rings. The number of benzene rings is 1. The normalized spacial score (nSPS) is 22.9. The molecule has 1 unspecified atom stereocenters. The number of aliphatic hydroxyl groups is 1. The molecule has 1 amide bonds. The molecule has 0 bridgehead atoms. The lowest BCUT2D eigenvalue weighted by atomic mass is 9.93. The van der Waals surface area contributed by atoms with Gasteiger partial charge in [-0.2, -0.15) is 0 Å². The molecule has 7 heteroatoms. The highest BCUT2D eigenvalue weighted by atomic mass is 19.1. The lowest BCUT2D eigenvalue weighted by Crippen LogP contribution is -2.47. The van der Waals surface area contributed by atoms with Gasteiger partial charge in [-0.1, -0.05) is 13.3 Å². The number of carbonyl (C=O) groups excluding carboxylic acids is 1. The number of amides is 1. The van der Waals surface area contributed by atoms with Crippen molar-refractivity contribution in [3.05, 3.63) is 23.5 Å². The Labute approximate surface area is 159 Å². The minimum atomic E-state index is -0.529. The Morgan fingerprint density at radius 3 is 2.85 bits per heavy atom. The van der Waals surface area contributed by atoms with Gasteiger partial charge in [-0.3, -0.25) is 4.79 Å². The van der Waals surface area contributed by atoms with Crippen LogP contribution >= 0.6 is 0 Å². The predicted octanol–water partition coefficient (Wildman–Crippen LogP) is 2.20. The number of unbranched alkanes of at least 4 members (excludes halogenated alkanes) is 1. The molecule has 6 nitrogen and oxygen atoms in total. The second-order valence-electron chi connectivity index (χ2n) is 7.28. The van der Waals surface area contributed by atoms with Crippen molar-refractivity contribution in [2.75, 3.05) is 39.4 Å². The van der Waals surface area contributed by atoms with E-state index in [1.54, 1.807) is 0 Å². The van der Waals surface area contributed by atoms with Crippen LogP contribution in [0.15, 0.2) is 12.1 Å². The molecule has 0 spiro atoms. The maximum Gasteiger partial charge on any atom is 0.255 e. The van der Waals surface area contributed by atoms with Crippen LogP contribution in [0.2, 0.25) is 0 Å². The molecule has 0 radical (unpaired) electrons. The smallest absolute Gasteiger partial charge is 0.255 e. The van der Waals surface area contributed by atoms with Gasteiger partial charge in [0.05, 0.1) is 24.9 Å². The van der Waals surface area contributed by atoms with Gasteiger partial charge in [0, 0.05) is 25.4 Å². The zero-order valence-corrected chi connectivity index (χ0v) is 15.9. The van der Waals surface area contributed by atoms with E-state index in [0.29, 0.717) is 32.7 Å². The molecule has 0 aliphatic carbocycles. The van der Waals surface area contributed by atoms with Crippen LogP contribution in [0, 0.1) is 11.7 Å². The predicted molar refractivity (Wildman–Crippen MR) is 99.8 cm³/mol. The standard InChI is InChI=1S/C20H29FN2O4/c1-2-3-8-23-9-7-14(17(24)13-23)12-22-20(25)15-5-6-16(21)19-18(15)26-10-4-11-27-19/h5-6,14,17,24H,2-4,7-13H2,1H3,(H,22,25)/t14-,17?/m0/s1. The Kier molecular flexibility index (Phi) is 6.90. The van der Waals surface area contributed by atoms with Gasteiger partial charge in [0.15, 0.2) is 17.3 Å². The zero-order valence-electron chi connectivity index (χ0n) is 15.9. The third kappa shape index (κ3) is 4.90. The molecule has 1 saturated heterocycles. The number of β-amino-alcohol motifs (C(OH)–C–C–N with tert-alkyl or cyclic N) is 1. The minimum Gasteiger partial charge on any atom is -0.489 e. The van der Waals surface area contributed by atoms with Crippen LogP contribution in [0.4, 0.5) is 4.39 Å². The van der Waals surface area contributed by atoms with Crippen molar-refractivity contribution < 1.29 is 23.8 Å². The molecule has 2 aliphatic heterocycles. The van der Waals surface area contributed by atoms with Crippen LogP contribution in [0.3, 0.4) is 0 Å². The summed E-state index contributed by atoms with van der Waals surface area (Å²) in [5.74, 6) is -0.678. The molecule has 0 aromatic heterocycles. The number of likely N-dealkylation sites (tertiary alicyclic amines) is 1. The van der Waals surface area contributed by atoms with E-state index in [-0.39, 0.29) is 28.9 Å². The molecule has 2 atom stereocenters. The number of nitrogens with zero attached hydrogens (tertiary/aromatic N) is 1. The fourth-order valence-corrected chi connectivity index (χ4v) is 3.59. The summed E-state index contributed by atoms with van der Waals surface area (Å²) in [6.45, 7) is 5.86. The summed E-state index contributed by atoms with van der Waals surface area (Å²) in [4.78, 5) is 14.9. The highest BCUT2D eigenvalue weighted by Crippen LogP contribution is 2.36. The Morgan fingerprint density at radius 1 is 1.33 bits per heavy atom. The van der Waals surface area contributed by atoms with Crippen molar-refractivity contribution in [2.24, 2.45) is 5.92 Å². The lowest BCUT2D eigenvalue weighted by Gasteiger charge is -2.36. The van der Waals surface area contributed by atoms with E-state index in [1.165, 1.54) is 12.1 Å². The van der Waals surface area contributed by atoms with Gasteiger partial charge in [-0.05, 0) is 38.1 Å². The number of halogens is 1. The van der Waals surface area contributed by atoms with E-state index in [2.05, 4.69) is 17.1 Å². The molecule has 0 saturated carbocycles. The van der Waals surface area contributed by atoms with Crippen LogP contribution in [-0.4, -0.2) is 61.4 Å². The summed E-state index contributed by atoms with van der Waals surface area (Å²) in [5, 5.41) is 13.3. The largest absolute Gasteiger partial charge is 0.489 e. The summed E-state index contributed by atoms with van der Waals surface area (Å²) in [6.07, 6.45) is 3.29. The van der Waals surface area contributed by atoms with Crippen molar-refractivity contribution in [3.8, 4) is 11.5 Å². The summed E-state index contributed by atoms with van der Waals surface area (Å²) in [6, 6.07) is 2.64. The Hall–Kier alpha value is -1.86. The highest BCUT2D eigenvalue weighted by Gasteiger charge is 2.29. The Balaban J connectivity index is 1.59. The van der Waals surface area contributed by atoms with Gasteiger partial charge in [0.1, 0.15) is 0 Å². The van der Waals surface area contributed by atoms with Crippen molar-refractivity contribution in [2.45, 2.75) is 38.7 Å². The SMILES string of the molecule is CCCCN1CC[C@@H](CNC(=O)c2ccc(F)c3c2OCCCO3)C(O)C1. The number of piperidine rings is 1. The van der Waals surface area contributed by atoms with E-state index in [4.69, 9.17) is 9.47 Å². The molecule has 150 valence electrons. The zero-order chi connectivity index (χ0) is 19.2. The van der Waals surface area contributed by atoms with E-state index in [0.717, 1.165) is 32.4 Å². The monoisotopic (exact) mass is 380 g/mol. The van der Waals surface area contributed by atoms with E-state index in [9.17, 15) is 14.3 Å². The molecule has 2 aliphatic rings. The number of aliphatic hydroxyl groups excluding tert-OH is 1. The highest BCUT2D eigenvalue weighted by molar-refractivity contribution is 5.97. The number of carbonyl (C=O) groups is 1. The third-order valence-corrected chi connectivity index (χ3v) is 5.25. The van der Waals surface area contributed by atoms with Crippen LogP contribution < -0.4 is 14.8 Å². The number of fused-ring (bicyclic) bond motifs is 1. The number of rotatable bonds is 6. The molecule has 3 rings (SSSR count).